The number of nitrogens with zero attached hydrogens (tertiary/aromatic N) is 1. The van der Waals surface area contributed by atoms with Gasteiger partial charge < -0.3 is 15.0 Å². The highest BCUT2D eigenvalue weighted by Crippen LogP contribution is 2.32. The molecule has 0 radical (unpaired) electrons. The molecule has 1 aliphatic heterocycles. The van der Waals surface area contributed by atoms with Crippen LogP contribution in [0.5, 0.6) is 0 Å². The Hall–Kier alpha value is -1.62. The van der Waals surface area contributed by atoms with E-state index >= 15 is 0 Å². The zero-order chi connectivity index (χ0) is 17.0. The van der Waals surface area contributed by atoms with Crippen LogP contribution in [-0.2, 0) is 16.1 Å². The van der Waals surface area contributed by atoms with E-state index in [1.54, 1.807) is 7.11 Å². The molecule has 1 amide bonds. The molecule has 0 aromatic heterocycles. The van der Waals surface area contributed by atoms with E-state index in [1.165, 1.54) is 16.3 Å². The largest absolute Gasteiger partial charge is 0.384 e. The number of ether oxygens (including phenoxy) is 1. The quantitative estimate of drug-likeness (QED) is 0.887. The maximum atomic E-state index is 13.2. The van der Waals surface area contributed by atoms with Gasteiger partial charge >= 0.3 is 0 Å². The van der Waals surface area contributed by atoms with Gasteiger partial charge in [-0.1, -0.05) is 42.5 Å². The van der Waals surface area contributed by atoms with E-state index in [-0.39, 0.29) is 23.7 Å². The maximum Gasteiger partial charge on any atom is 0.231 e. The summed E-state index contributed by atoms with van der Waals surface area (Å²) in [7, 11) is 3.59. The van der Waals surface area contributed by atoms with E-state index in [4.69, 9.17) is 4.74 Å². The number of benzene rings is 2. The summed E-state index contributed by atoms with van der Waals surface area (Å²) in [6.07, 6.45) is 1.67. The molecule has 25 heavy (non-hydrogen) atoms. The van der Waals surface area contributed by atoms with Crippen molar-refractivity contribution >= 4 is 29.1 Å². The minimum atomic E-state index is -0.390. The number of carbonyl (C=O) groups is 1. The van der Waals surface area contributed by atoms with Crippen molar-refractivity contribution in [2.24, 2.45) is 5.41 Å². The molecule has 2 aromatic carbocycles. The molecule has 0 aliphatic carbocycles. The number of nitrogens with one attached hydrogen (secondary N) is 1. The standard InChI is InChI=1S/C20H26N2O2.ClH/c1-22(19(23)20(15-24-2)10-12-21-13-11-20)14-17-8-5-7-16-6-3-4-9-18(16)17;/h3-9,21H,10-15H2,1-2H3;1H. The molecular weight excluding hydrogens is 336 g/mol. The van der Waals surface area contributed by atoms with Crippen molar-refractivity contribution in [1.82, 2.24) is 10.2 Å². The van der Waals surface area contributed by atoms with Crippen LogP contribution in [0.25, 0.3) is 10.8 Å². The molecule has 1 heterocycles. The summed E-state index contributed by atoms with van der Waals surface area (Å²) in [4.78, 5) is 15.0. The van der Waals surface area contributed by atoms with Gasteiger partial charge in [0.25, 0.3) is 0 Å². The second kappa shape index (κ2) is 8.65. The Balaban J connectivity index is 0.00000225. The number of rotatable bonds is 5. The Labute approximate surface area is 155 Å². The van der Waals surface area contributed by atoms with Crippen molar-refractivity contribution in [3.8, 4) is 0 Å². The zero-order valence-corrected chi connectivity index (χ0v) is 15.8. The lowest BCUT2D eigenvalue weighted by atomic mass is 9.78. The average Bonchev–Trinajstić information content (AvgIpc) is 2.62. The van der Waals surface area contributed by atoms with Gasteiger partial charge in [-0.15, -0.1) is 12.4 Å². The highest BCUT2D eigenvalue weighted by molar-refractivity contribution is 5.87. The second-order valence-corrected chi connectivity index (χ2v) is 6.76. The molecule has 0 unspecified atom stereocenters. The highest BCUT2D eigenvalue weighted by atomic mass is 35.5. The van der Waals surface area contributed by atoms with Crippen LogP contribution < -0.4 is 5.32 Å². The van der Waals surface area contributed by atoms with Crippen LogP contribution in [0.1, 0.15) is 18.4 Å². The predicted molar refractivity (Wildman–Crippen MR) is 104 cm³/mol. The summed E-state index contributed by atoms with van der Waals surface area (Å²) in [5.74, 6) is 0.193. The summed E-state index contributed by atoms with van der Waals surface area (Å²) in [5.41, 5.74) is 0.796. The maximum absolute atomic E-state index is 13.2. The summed E-state index contributed by atoms with van der Waals surface area (Å²) in [6.45, 7) is 2.86. The first-order chi connectivity index (χ1) is 11.7. The van der Waals surface area contributed by atoms with Gasteiger partial charge in [-0.25, -0.2) is 0 Å². The number of fused-ring (bicyclic) bond motifs is 1. The molecule has 0 spiro atoms. The van der Waals surface area contributed by atoms with Crippen molar-refractivity contribution < 1.29 is 9.53 Å². The van der Waals surface area contributed by atoms with Gasteiger partial charge in [0.05, 0.1) is 12.0 Å². The van der Waals surface area contributed by atoms with E-state index in [2.05, 4.69) is 35.6 Å². The Bertz CT molecular complexity index is 703. The minimum absolute atomic E-state index is 0. The molecule has 4 nitrogen and oxygen atoms in total. The van der Waals surface area contributed by atoms with E-state index < -0.39 is 0 Å². The van der Waals surface area contributed by atoms with Crippen molar-refractivity contribution in [1.29, 1.82) is 0 Å². The summed E-state index contributed by atoms with van der Waals surface area (Å²) in [5, 5.41) is 5.77. The summed E-state index contributed by atoms with van der Waals surface area (Å²) < 4.78 is 5.40. The molecule has 0 saturated carbocycles. The van der Waals surface area contributed by atoms with Gasteiger partial charge in [-0.2, -0.15) is 0 Å². The molecule has 3 rings (SSSR count). The van der Waals surface area contributed by atoms with Crippen LogP contribution >= 0.6 is 12.4 Å². The Morgan fingerprint density at radius 1 is 1.16 bits per heavy atom. The molecule has 136 valence electrons. The predicted octanol–water partition coefficient (Wildman–Crippen LogP) is 3.24. The lowest BCUT2D eigenvalue weighted by Crippen LogP contribution is -2.50. The lowest BCUT2D eigenvalue weighted by molar-refractivity contribution is -0.146. The fourth-order valence-corrected chi connectivity index (χ4v) is 3.76. The number of amides is 1. The van der Waals surface area contributed by atoms with Gasteiger partial charge in [0, 0.05) is 20.7 Å². The van der Waals surface area contributed by atoms with E-state index in [0.29, 0.717) is 13.2 Å². The van der Waals surface area contributed by atoms with Crippen molar-refractivity contribution in [2.75, 3.05) is 33.9 Å². The van der Waals surface area contributed by atoms with Gasteiger partial charge in [0.2, 0.25) is 5.91 Å². The van der Waals surface area contributed by atoms with Crippen molar-refractivity contribution in [3.63, 3.8) is 0 Å². The molecule has 1 N–H and O–H groups in total. The normalized spacial score (nSPS) is 16.2. The fraction of sp³-hybridized carbons (Fsp3) is 0.450. The number of hydrogen-bond donors (Lipinski definition) is 1. The van der Waals surface area contributed by atoms with Crippen LogP contribution in [0.15, 0.2) is 42.5 Å². The smallest absolute Gasteiger partial charge is 0.231 e. The number of methoxy groups -OCH3 is 1. The Morgan fingerprint density at radius 2 is 1.84 bits per heavy atom. The number of halogens is 1. The third-order valence-corrected chi connectivity index (χ3v) is 5.07. The SMILES string of the molecule is COCC1(C(=O)N(C)Cc2cccc3ccccc23)CCNCC1.Cl. The summed E-state index contributed by atoms with van der Waals surface area (Å²) >= 11 is 0. The molecule has 5 heteroatoms. The topological polar surface area (TPSA) is 41.6 Å². The van der Waals surface area contributed by atoms with Crippen LogP contribution in [-0.4, -0.2) is 44.7 Å². The van der Waals surface area contributed by atoms with Crippen LogP contribution in [0.2, 0.25) is 0 Å². The molecule has 0 atom stereocenters. The van der Waals surface area contributed by atoms with E-state index in [1.807, 2.05) is 24.1 Å². The Kier molecular flexibility index (Phi) is 6.82. The molecule has 1 saturated heterocycles. The number of piperidine rings is 1. The van der Waals surface area contributed by atoms with Crippen LogP contribution in [0, 0.1) is 5.41 Å². The number of hydrogen-bond acceptors (Lipinski definition) is 3. The first-order valence-corrected chi connectivity index (χ1v) is 8.58. The monoisotopic (exact) mass is 362 g/mol. The van der Waals surface area contributed by atoms with Gasteiger partial charge in [0.15, 0.2) is 0 Å². The first kappa shape index (κ1) is 19.7. The Morgan fingerprint density at radius 3 is 2.56 bits per heavy atom. The zero-order valence-electron chi connectivity index (χ0n) is 15.0. The molecule has 1 fully saturated rings. The highest BCUT2D eigenvalue weighted by Gasteiger charge is 2.41. The molecule has 0 bridgehead atoms. The molecular formula is C20H27ClN2O2. The molecule has 2 aromatic rings. The van der Waals surface area contributed by atoms with Gasteiger partial charge in [-0.05, 0) is 42.3 Å². The summed E-state index contributed by atoms with van der Waals surface area (Å²) in [6, 6.07) is 14.6. The minimum Gasteiger partial charge on any atom is -0.384 e. The number of carbonyl (C=O) groups excluding carboxylic acids is 1. The second-order valence-electron chi connectivity index (χ2n) is 6.76. The van der Waals surface area contributed by atoms with E-state index in [9.17, 15) is 4.79 Å². The van der Waals surface area contributed by atoms with Gasteiger partial charge in [-0.3, -0.25) is 4.79 Å². The fourth-order valence-electron chi connectivity index (χ4n) is 3.76. The molecule has 1 aliphatic rings. The lowest BCUT2D eigenvalue weighted by Gasteiger charge is -2.38. The van der Waals surface area contributed by atoms with Crippen LogP contribution in [0.4, 0.5) is 0 Å². The third kappa shape index (κ3) is 4.14. The van der Waals surface area contributed by atoms with Crippen LogP contribution in [0.3, 0.4) is 0 Å². The first-order valence-electron chi connectivity index (χ1n) is 8.58. The third-order valence-electron chi connectivity index (χ3n) is 5.07. The average molecular weight is 363 g/mol. The van der Waals surface area contributed by atoms with Crippen molar-refractivity contribution in [3.05, 3.63) is 48.0 Å². The van der Waals surface area contributed by atoms with E-state index in [0.717, 1.165) is 25.9 Å². The van der Waals surface area contributed by atoms with Gasteiger partial charge in [0.1, 0.15) is 0 Å². The van der Waals surface area contributed by atoms with Crippen molar-refractivity contribution in [2.45, 2.75) is 19.4 Å².